The largest absolute Gasteiger partial charge is 0.330 e. The Hall–Kier alpha value is -2.66. The minimum atomic E-state index is 0.0750. The Bertz CT molecular complexity index is 970. The minimum absolute atomic E-state index is 0.0750. The highest BCUT2D eigenvalue weighted by Crippen LogP contribution is 2.22. The van der Waals surface area contributed by atoms with Crippen molar-refractivity contribution >= 4 is 22.6 Å². The topological polar surface area (TPSA) is 50.2 Å². The van der Waals surface area contributed by atoms with E-state index in [2.05, 4.69) is 51.0 Å². The summed E-state index contributed by atoms with van der Waals surface area (Å²) in [4.78, 5) is 19.2. The van der Waals surface area contributed by atoms with Gasteiger partial charge in [-0.05, 0) is 69.5 Å². The lowest BCUT2D eigenvalue weighted by Gasteiger charge is -2.31. The van der Waals surface area contributed by atoms with Crippen LogP contribution in [0.2, 0.25) is 0 Å². The summed E-state index contributed by atoms with van der Waals surface area (Å²) in [5, 5.41) is 3.06. The summed E-state index contributed by atoms with van der Waals surface area (Å²) in [5.74, 6) is 0.710. The van der Waals surface area contributed by atoms with Crippen molar-refractivity contribution in [3.63, 3.8) is 0 Å². The number of imidazole rings is 1. The molecule has 2 heterocycles. The molecule has 0 unspecified atom stereocenters. The predicted molar refractivity (Wildman–Crippen MR) is 113 cm³/mol. The van der Waals surface area contributed by atoms with Crippen LogP contribution in [0.25, 0.3) is 11.0 Å². The van der Waals surface area contributed by atoms with E-state index in [4.69, 9.17) is 0 Å². The molecule has 3 aromatic rings. The lowest BCUT2D eigenvalue weighted by atomic mass is 9.96. The fourth-order valence-corrected chi connectivity index (χ4v) is 4.11. The number of nitrogens with one attached hydrogen (secondary N) is 1. The van der Waals surface area contributed by atoms with E-state index in [0.29, 0.717) is 12.5 Å². The molecule has 28 heavy (non-hydrogen) atoms. The van der Waals surface area contributed by atoms with Gasteiger partial charge in [-0.15, -0.1) is 0 Å². The van der Waals surface area contributed by atoms with Crippen LogP contribution in [0, 0.1) is 19.8 Å². The van der Waals surface area contributed by atoms with E-state index in [-0.39, 0.29) is 5.91 Å². The monoisotopic (exact) mass is 376 g/mol. The van der Waals surface area contributed by atoms with E-state index < -0.39 is 0 Å². The highest BCUT2D eigenvalue weighted by atomic mass is 16.2. The van der Waals surface area contributed by atoms with Crippen molar-refractivity contribution in [2.24, 2.45) is 5.92 Å². The Morgan fingerprint density at radius 2 is 1.93 bits per heavy atom. The van der Waals surface area contributed by atoms with Gasteiger partial charge in [0.2, 0.25) is 5.91 Å². The Kier molecular flexibility index (Phi) is 5.44. The van der Waals surface area contributed by atoms with Crippen LogP contribution in [0.5, 0.6) is 0 Å². The van der Waals surface area contributed by atoms with Crippen molar-refractivity contribution < 1.29 is 4.79 Å². The first-order chi connectivity index (χ1) is 13.6. The van der Waals surface area contributed by atoms with Gasteiger partial charge in [-0.1, -0.05) is 29.8 Å². The number of amides is 1. The molecule has 5 heteroatoms. The van der Waals surface area contributed by atoms with E-state index >= 15 is 0 Å². The van der Waals surface area contributed by atoms with Crippen molar-refractivity contribution in [3.05, 3.63) is 59.9 Å². The highest BCUT2D eigenvalue weighted by molar-refractivity contribution is 5.93. The summed E-state index contributed by atoms with van der Waals surface area (Å²) in [7, 11) is 0. The molecule has 1 aliphatic rings. The number of likely N-dealkylation sites (tertiary alicyclic amines) is 1. The summed E-state index contributed by atoms with van der Waals surface area (Å²) in [6, 6.07) is 14.4. The molecule has 1 amide bonds. The fraction of sp³-hybridized carbons (Fsp3) is 0.391. The van der Waals surface area contributed by atoms with Gasteiger partial charge in [0.25, 0.3) is 0 Å². The summed E-state index contributed by atoms with van der Waals surface area (Å²) in [5.41, 5.74) is 5.50. The van der Waals surface area contributed by atoms with Gasteiger partial charge in [0.1, 0.15) is 0 Å². The number of fused-ring (bicyclic) bond motifs is 1. The van der Waals surface area contributed by atoms with Crippen molar-refractivity contribution in [2.75, 3.05) is 25.0 Å². The number of aromatic nitrogens is 2. The summed E-state index contributed by atoms with van der Waals surface area (Å²) in [6.07, 6.45) is 4.18. The van der Waals surface area contributed by atoms with Crippen molar-refractivity contribution in [1.82, 2.24) is 14.5 Å². The van der Waals surface area contributed by atoms with Crippen LogP contribution in [0.3, 0.4) is 0 Å². The van der Waals surface area contributed by atoms with E-state index in [0.717, 1.165) is 49.2 Å². The molecule has 0 radical (unpaired) electrons. The smallest absolute Gasteiger partial charge is 0.238 e. The van der Waals surface area contributed by atoms with Gasteiger partial charge in [-0.3, -0.25) is 9.69 Å². The lowest BCUT2D eigenvalue weighted by Crippen LogP contribution is -2.40. The van der Waals surface area contributed by atoms with Gasteiger partial charge in [-0.25, -0.2) is 4.98 Å². The molecule has 0 saturated carbocycles. The molecule has 2 aromatic carbocycles. The van der Waals surface area contributed by atoms with Crippen LogP contribution < -0.4 is 5.32 Å². The zero-order valence-corrected chi connectivity index (χ0v) is 16.7. The lowest BCUT2D eigenvalue weighted by molar-refractivity contribution is -0.117. The Labute approximate surface area is 166 Å². The average Bonchev–Trinajstić information content (AvgIpc) is 3.09. The quantitative estimate of drug-likeness (QED) is 0.732. The van der Waals surface area contributed by atoms with Crippen molar-refractivity contribution in [2.45, 2.75) is 33.2 Å². The van der Waals surface area contributed by atoms with Crippen LogP contribution in [0.4, 0.5) is 5.69 Å². The maximum absolute atomic E-state index is 12.4. The van der Waals surface area contributed by atoms with Gasteiger partial charge in [0.15, 0.2) is 0 Å². The molecule has 1 aliphatic heterocycles. The number of hydrogen-bond acceptors (Lipinski definition) is 3. The second kappa shape index (κ2) is 8.15. The average molecular weight is 377 g/mol. The van der Waals surface area contributed by atoms with Crippen LogP contribution in [-0.4, -0.2) is 40.0 Å². The van der Waals surface area contributed by atoms with E-state index in [1.807, 2.05) is 31.5 Å². The molecule has 0 aliphatic carbocycles. The Balaban J connectivity index is 1.27. The molecular formula is C23H28N4O. The first-order valence-corrected chi connectivity index (χ1v) is 10.1. The highest BCUT2D eigenvalue weighted by Gasteiger charge is 2.22. The molecule has 0 bridgehead atoms. The molecule has 5 nitrogen and oxygen atoms in total. The Morgan fingerprint density at radius 3 is 2.71 bits per heavy atom. The van der Waals surface area contributed by atoms with Crippen LogP contribution >= 0.6 is 0 Å². The number of benzene rings is 2. The Morgan fingerprint density at radius 1 is 1.14 bits per heavy atom. The predicted octanol–water partition coefficient (Wildman–Crippen LogP) is 4.00. The standard InChI is InChI=1S/C23H28N4O/c1-17-7-8-20(18(2)13-17)25-23(28)15-26-11-9-19(10-12-26)14-27-16-24-21-5-3-4-6-22(21)27/h3-8,13,16,19H,9-12,14-15H2,1-2H3,(H,25,28). The summed E-state index contributed by atoms with van der Waals surface area (Å²) >= 11 is 0. The fourth-order valence-electron chi connectivity index (χ4n) is 4.11. The van der Waals surface area contributed by atoms with Crippen LogP contribution in [0.15, 0.2) is 48.8 Å². The maximum Gasteiger partial charge on any atom is 0.238 e. The van der Waals surface area contributed by atoms with Crippen LogP contribution in [-0.2, 0) is 11.3 Å². The van der Waals surface area contributed by atoms with Gasteiger partial charge in [0.05, 0.1) is 23.9 Å². The number of hydrogen-bond donors (Lipinski definition) is 1. The molecule has 0 atom stereocenters. The van der Waals surface area contributed by atoms with Crippen molar-refractivity contribution in [1.29, 1.82) is 0 Å². The van der Waals surface area contributed by atoms with E-state index in [1.165, 1.54) is 11.1 Å². The molecule has 1 N–H and O–H groups in total. The third-order valence-electron chi connectivity index (χ3n) is 5.71. The number of rotatable bonds is 5. The number of carbonyl (C=O) groups excluding carboxylic acids is 1. The van der Waals surface area contributed by atoms with Gasteiger partial charge < -0.3 is 9.88 Å². The molecule has 146 valence electrons. The molecule has 1 fully saturated rings. The third-order valence-corrected chi connectivity index (χ3v) is 5.71. The first-order valence-electron chi connectivity index (χ1n) is 10.1. The summed E-state index contributed by atoms with van der Waals surface area (Å²) in [6.45, 7) is 7.51. The second-order valence-corrected chi connectivity index (χ2v) is 7.97. The molecule has 4 rings (SSSR count). The number of anilines is 1. The number of para-hydroxylation sites is 2. The minimum Gasteiger partial charge on any atom is -0.330 e. The molecule has 1 saturated heterocycles. The van der Waals surface area contributed by atoms with Crippen LogP contribution in [0.1, 0.15) is 24.0 Å². The third kappa shape index (κ3) is 4.25. The number of piperidine rings is 1. The van der Waals surface area contributed by atoms with Gasteiger partial charge >= 0.3 is 0 Å². The summed E-state index contributed by atoms with van der Waals surface area (Å²) < 4.78 is 2.27. The first kappa shape index (κ1) is 18.7. The maximum atomic E-state index is 12.4. The van der Waals surface area contributed by atoms with E-state index in [9.17, 15) is 4.79 Å². The number of aryl methyl sites for hydroxylation is 2. The zero-order valence-electron chi connectivity index (χ0n) is 16.7. The number of nitrogens with zero attached hydrogens (tertiary/aromatic N) is 3. The van der Waals surface area contributed by atoms with Gasteiger partial charge in [0, 0.05) is 12.2 Å². The molecule has 1 aromatic heterocycles. The molecule has 0 spiro atoms. The van der Waals surface area contributed by atoms with Crippen molar-refractivity contribution in [3.8, 4) is 0 Å². The second-order valence-electron chi connectivity index (χ2n) is 7.97. The van der Waals surface area contributed by atoms with Gasteiger partial charge in [-0.2, -0.15) is 0 Å². The normalized spacial score (nSPS) is 15.8. The van der Waals surface area contributed by atoms with E-state index in [1.54, 1.807) is 0 Å². The number of carbonyl (C=O) groups is 1. The zero-order chi connectivity index (χ0) is 19.5. The molecular weight excluding hydrogens is 348 g/mol. The SMILES string of the molecule is Cc1ccc(NC(=O)CN2CCC(Cn3cnc4ccccc43)CC2)c(C)c1.